The van der Waals surface area contributed by atoms with E-state index in [9.17, 15) is 14.4 Å². The van der Waals surface area contributed by atoms with Gasteiger partial charge in [-0.15, -0.1) is 0 Å². The maximum Gasteiger partial charge on any atom is 0.253 e. The third-order valence-electron chi connectivity index (χ3n) is 7.22. The highest BCUT2D eigenvalue weighted by atomic mass is 16.2. The van der Waals surface area contributed by atoms with Crippen molar-refractivity contribution in [3.05, 3.63) is 58.7 Å². The van der Waals surface area contributed by atoms with Gasteiger partial charge in [0.15, 0.2) is 0 Å². The van der Waals surface area contributed by atoms with Crippen molar-refractivity contribution in [1.29, 1.82) is 0 Å². The van der Waals surface area contributed by atoms with Crippen molar-refractivity contribution in [3.8, 4) is 0 Å². The molecule has 1 N–H and O–H groups in total. The van der Waals surface area contributed by atoms with E-state index in [1.54, 1.807) is 11.0 Å². The maximum atomic E-state index is 13.2. The Morgan fingerprint density at radius 1 is 0.912 bits per heavy atom. The van der Waals surface area contributed by atoms with E-state index in [1.165, 1.54) is 5.56 Å². The molecule has 2 aliphatic rings. The average molecular weight is 462 g/mol. The Labute approximate surface area is 202 Å². The molecule has 6 heteroatoms. The average Bonchev–Trinajstić information content (AvgIpc) is 3.17. The second-order valence-corrected chi connectivity index (χ2v) is 10.3. The molecule has 4 rings (SSSR count). The molecule has 2 aromatic carbocycles. The van der Waals surface area contributed by atoms with Crippen LogP contribution in [-0.4, -0.2) is 42.3 Å². The number of hydrogen-bond acceptors (Lipinski definition) is 3. The van der Waals surface area contributed by atoms with E-state index in [1.807, 2.05) is 56.0 Å². The highest BCUT2D eigenvalue weighted by Crippen LogP contribution is 2.29. The van der Waals surface area contributed by atoms with E-state index in [-0.39, 0.29) is 17.7 Å². The molecule has 3 atom stereocenters. The Kier molecular flexibility index (Phi) is 6.78. The molecule has 2 heterocycles. The van der Waals surface area contributed by atoms with Crippen LogP contribution in [0.3, 0.4) is 0 Å². The van der Waals surface area contributed by atoms with Crippen molar-refractivity contribution in [2.24, 2.45) is 17.8 Å². The Morgan fingerprint density at radius 2 is 1.59 bits per heavy atom. The van der Waals surface area contributed by atoms with E-state index in [4.69, 9.17) is 0 Å². The van der Waals surface area contributed by atoms with Gasteiger partial charge < -0.3 is 15.1 Å². The molecular weight excluding hydrogens is 426 g/mol. The van der Waals surface area contributed by atoms with Crippen molar-refractivity contribution in [2.75, 3.05) is 29.9 Å². The largest absolute Gasteiger partial charge is 0.338 e. The summed E-state index contributed by atoms with van der Waals surface area (Å²) in [5, 5.41) is 2.93. The number of carbonyl (C=O) groups excluding carboxylic acids is 3. The van der Waals surface area contributed by atoms with Crippen LogP contribution in [0.4, 0.5) is 11.4 Å². The Hall–Kier alpha value is -3.15. The van der Waals surface area contributed by atoms with Gasteiger partial charge in [-0.2, -0.15) is 0 Å². The van der Waals surface area contributed by atoms with Crippen molar-refractivity contribution in [1.82, 2.24) is 4.90 Å². The molecule has 3 amide bonds. The first kappa shape index (κ1) is 24.0. The third kappa shape index (κ3) is 4.86. The number of carbonyl (C=O) groups is 3. The number of aryl methyl sites for hydroxylation is 3. The first-order chi connectivity index (χ1) is 16.1. The Balaban J connectivity index is 1.47. The molecule has 3 unspecified atom stereocenters. The van der Waals surface area contributed by atoms with Crippen molar-refractivity contribution < 1.29 is 14.4 Å². The van der Waals surface area contributed by atoms with Gasteiger partial charge in [0.25, 0.3) is 5.91 Å². The fourth-order valence-corrected chi connectivity index (χ4v) is 5.19. The number of anilines is 2. The van der Waals surface area contributed by atoms with Crippen molar-refractivity contribution in [2.45, 2.75) is 47.5 Å². The Morgan fingerprint density at radius 3 is 2.26 bits per heavy atom. The van der Waals surface area contributed by atoms with Gasteiger partial charge in [-0.1, -0.05) is 26.0 Å². The first-order valence-electron chi connectivity index (χ1n) is 12.2. The number of rotatable bonds is 4. The van der Waals surface area contributed by atoms with Gasteiger partial charge >= 0.3 is 0 Å². The van der Waals surface area contributed by atoms with Gasteiger partial charge in [0.2, 0.25) is 11.8 Å². The smallest absolute Gasteiger partial charge is 0.253 e. The standard InChI is InChI=1S/C28H35N3O3/c1-17-12-18(2)16-30(15-17)27(33)22-8-6-20(4)25(14-22)29-26(32)24-10-11-31(28(24)34)23-9-7-19(3)21(5)13-23/h6-9,13-14,17-18,24H,10-12,15-16H2,1-5H3,(H,29,32). The molecule has 2 fully saturated rings. The summed E-state index contributed by atoms with van der Waals surface area (Å²) in [4.78, 5) is 42.9. The quantitative estimate of drug-likeness (QED) is 0.670. The molecule has 180 valence electrons. The summed E-state index contributed by atoms with van der Waals surface area (Å²) in [7, 11) is 0. The molecule has 2 aromatic rings. The van der Waals surface area contributed by atoms with Crippen LogP contribution in [0.15, 0.2) is 36.4 Å². The van der Waals surface area contributed by atoms with Crippen LogP contribution in [0, 0.1) is 38.5 Å². The normalized spacial score (nSPS) is 22.7. The molecule has 2 aliphatic heterocycles. The summed E-state index contributed by atoms with van der Waals surface area (Å²) >= 11 is 0. The van der Waals surface area contributed by atoms with Crippen LogP contribution < -0.4 is 10.2 Å². The number of nitrogens with one attached hydrogen (secondary N) is 1. The second-order valence-electron chi connectivity index (χ2n) is 10.3. The summed E-state index contributed by atoms with van der Waals surface area (Å²) in [5.41, 5.74) is 5.14. The molecular formula is C28H35N3O3. The fraction of sp³-hybridized carbons (Fsp3) is 0.464. The highest BCUT2D eigenvalue weighted by Gasteiger charge is 2.38. The van der Waals surface area contributed by atoms with E-state index < -0.39 is 5.92 Å². The number of piperidine rings is 1. The van der Waals surface area contributed by atoms with Gasteiger partial charge in [0.1, 0.15) is 5.92 Å². The molecule has 0 radical (unpaired) electrons. The van der Waals surface area contributed by atoms with Gasteiger partial charge in [0.05, 0.1) is 0 Å². The van der Waals surface area contributed by atoms with Crippen LogP contribution >= 0.6 is 0 Å². The summed E-state index contributed by atoms with van der Waals surface area (Å²) in [5.74, 6) is -0.279. The fourth-order valence-electron chi connectivity index (χ4n) is 5.19. The summed E-state index contributed by atoms with van der Waals surface area (Å²) in [6.45, 7) is 12.3. The van der Waals surface area contributed by atoms with Gasteiger partial charge in [-0.3, -0.25) is 14.4 Å². The zero-order valence-corrected chi connectivity index (χ0v) is 20.9. The summed E-state index contributed by atoms with van der Waals surface area (Å²) in [6.07, 6.45) is 1.60. The van der Waals surface area contributed by atoms with Crippen LogP contribution in [0.2, 0.25) is 0 Å². The molecule has 2 saturated heterocycles. The SMILES string of the molecule is Cc1ccc(N2CCC(C(=O)Nc3cc(C(=O)N4CC(C)CC(C)C4)ccc3C)C2=O)cc1C. The third-order valence-corrected chi connectivity index (χ3v) is 7.22. The van der Waals surface area contributed by atoms with Gasteiger partial charge in [0, 0.05) is 36.6 Å². The van der Waals surface area contributed by atoms with E-state index in [2.05, 4.69) is 19.2 Å². The van der Waals surface area contributed by atoms with E-state index in [0.29, 0.717) is 36.1 Å². The predicted octanol–water partition coefficient (Wildman–Crippen LogP) is 4.72. The van der Waals surface area contributed by atoms with Gasteiger partial charge in [-0.05, 0) is 86.4 Å². The molecule has 34 heavy (non-hydrogen) atoms. The van der Waals surface area contributed by atoms with Crippen LogP contribution in [0.1, 0.15) is 53.7 Å². The maximum absolute atomic E-state index is 13.2. The van der Waals surface area contributed by atoms with Crippen LogP contribution in [0.5, 0.6) is 0 Å². The molecule has 0 aliphatic carbocycles. The minimum Gasteiger partial charge on any atom is -0.338 e. The summed E-state index contributed by atoms with van der Waals surface area (Å²) in [6, 6.07) is 11.4. The molecule has 0 bridgehead atoms. The minimum atomic E-state index is -0.732. The van der Waals surface area contributed by atoms with Crippen molar-refractivity contribution in [3.63, 3.8) is 0 Å². The van der Waals surface area contributed by atoms with Gasteiger partial charge in [-0.25, -0.2) is 0 Å². The number of hydrogen-bond donors (Lipinski definition) is 1. The number of nitrogens with zero attached hydrogens (tertiary/aromatic N) is 2. The highest BCUT2D eigenvalue weighted by molar-refractivity contribution is 6.13. The van der Waals surface area contributed by atoms with Crippen LogP contribution in [0.25, 0.3) is 0 Å². The lowest BCUT2D eigenvalue weighted by molar-refractivity contribution is -0.129. The lowest BCUT2D eigenvalue weighted by Crippen LogP contribution is -2.42. The number of amides is 3. The summed E-state index contributed by atoms with van der Waals surface area (Å²) < 4.78 is 0. The lowest BCUT2D eigenvalue weighted by atomic mass is 9.91. The molecule has 0 saturated carbocycles. The van der Waals surface area contributed by atoms with E-state index >= 15 is 0 Å². The van der Waals surface area contributed by atoms with Crippen molar-refractivity contribution >= 4 is 29.1 Å². The topological polar surface area (TPSA) is 69.7 Å². The zero-order chi connectivity index (χ0) is 24.6. The predicted molar refractivity (Wildman–Crippen MR) is 135 cm³/mol. The zero-order valence-electron chi connectivity index (χ0n) is 20.9. The van der Waals surface area contributed by atoms with E-state index in [0.717, 1.165) is 36.3 Å². The number of benzene rings is 2. The monoisotopic (exact) mass is 461 g/mol. The molecule has 0 aromatic heterocycles. The Bertz CT molecular complexity index is 1120. The van der Waals surface area contributed by atoms with Crippen LogP contribution in [-0.2, 0) is 9.59 Å². The number of likely N-dealkylation sites (tertiary alicyclic amines) is 1. The first-order valence-corrected chi connectivity index (χ1v) is 12.2. The molecule has 6 nitrogen and oxygen atoms in total. The molecule has 0 spiro atoms. The second kappa shape index (κ2) is 9.61. The lowest BCUT2D eigenvalue weighted by Gasteiger charge is -2.35. The minimum absolute atomic E-state index is 0.00763.